The van der Waals surface area contributed by atoms with Crippen molar-refractivity contribution >= 4 is 38.8 Å². The average Bonchev–Trinajstić information content (AvgIpc) is 2.63. The minimum atomic E-state index is -0.244. The van der Waals surface area contributed by atoms with Crippen molar-refractivity contribution in [3.63, 3.8) is 0 Å². The van der Waals surface area contributed by atoms with Crippen LogP contribution in [0.15, 0.2) is 70.2 Å². The van der Waals surface area contributed by atoms with Crippen LogP contribution < -0.4 is 10.2 Å². The second-order valence-electron chi connectivity index (χ2n) is 5.38. The van der Waals surface area contributed by atoms with Crippen LogP contribution in [0.25, 0.3) is 10.8 Å². The third-order valence-corrected chi connectivity index (χ3v) is 4.27. The van der Waals surface area contributed by atoms with Crippen LogP contribution in [0, 0.1) is 0 Å². The van der Waals surface area contributed by atoms with E-state index in [1.165, 1.54) is 0 Å². The normalized spacial score (nSPS) is 11.0. The number of hydrazone groups is 1. The van der Waals surface area contributed by atoms with E-state index in [0.717, 1.165) is 26.6 Å². The number of nitrogens with one attached hydrogen (secondary N) is 1. The van der Waals surface area contributed by atoms with Gasteiger partial charge in [0.05, 0.1) is 17.3 Å². The molecule has 0 aromatic heterocycles. The van der Waals surface area contributed by atoms with Crippen molar-refractivity contribution in [2.75, 3.05) is 6.61 Å². The van der Waals surface area contributed by atoms with E-state index < -0.39 is 0 Å². The van der Waals surface area contributed by atoms with E-state index in [1.54, 1.807) is 12.3 Å². The number of carbonyl (C=O) groups excluding carboxylic acids is 1. The molecule has 126 valence electrons. The van der Waals surface area contributed by atoms with Gasteiger partial charge in [0.15, 0.2) is 0 Å². The largest absolute Gasteiger partial charge is 0.493 e. The van der Waals surface area contributed by atoms with Crippen LogP contribution in [0.3, 0.4) is 0 Å². The highest BCUT2D eigenvalue weighted by Crippen LogP contribution is 2.25. The zero-order valence-electron chi connectivity index (χ0n) is 13.7. The summed E-state index contributed by atoms with van der Waals surface area (Å²) in [6.07, 6.45) is 1.60. The van der Waals surface area contributed by atoms with Crippen LogP contribution in [0.2, 0.25) is 0 Å². The van der Waals surface area contributed by atoms with Crippen LogP contribution in [0.4, 0.5) is 0 Å². The summed E-state index contributed by atoms with van der Waals surface area (Å²) in [5.74, 6) is 0.534. The minimum Gasteiger partial charge on any atom is -0.493 e. The maximum atomic E-state index is 12.2. The second-order valence-corrected chi connectivity index (χ2v) is 6.24. The molecule has 0 aliphatic heterocycles. The number of amides is 1. The lowest BCUT2D eigenvalue weighted by atomic mass is 10.1. The molecule has 5 heteroatoms. The number of carbonyl (C=O) groups is 1. The molecule has 4 nitrogen and oxygen atoms in total. The van der Waals surface area contributed by atoms with E-state index in [-0.39, 0.29) is 5.91 Å². The van der Waals surface area contributed by atoms with Crippen molar-refractivity contribution in [1.82, 2.24) is 5.43 Å². The number of benzene rings is 3. The first-order valence-corrected chi connectivity index (χ1v) is 8.71. The summed E-state index contributed by atoms with van der Waals surface area (Å²) >= 11 is 3.45. The van der Waals surface area contributed by atoms with Crippen LogP contribution in [0.1, 0.15) is 22.8 Å². The predicted molar refractivity (Wildman–Crippen MR) is 104 cm³/mol. The van der Waals surface area contributed by atoms with Crippen molar-refractivity contribution in [3.8, 4) is 5.75 Å². The molecule has 1 N–H and O–H groups in total. The molecular formula is C20H17BrN2O2. The van der Waals surface area contributed by atoms with Gasteiger partial charge >= 0.3 is 0 Å². The Kier molecular flexibility index (Phi) is 5.46. The molecule has 0 aliphatic rings. The minimum absolute atomic E-state index is 0.244. The zero-order valence-corrected chi connectivity index (χ0v) is 15.3. The summed E-state index contributed by atoms with van der Waals surface area (Å²) in [5.41, 5.74) is 3.98. The van der Waals surface area contributed by atoms with Crippen molar-refractivity contribution in [2.45, 2.75) is 6.92 Å². The number of halogens is 1. The van der Waals surface area contributed by atoms with E-state index in [0.29, 0.717) is 12.2 Å². The highest BCUT2D eigenvalue weighted by atomic mass is 79.9. The Labute approximate surface area is 154 Å². The van der Waals surface area contributed by atoms with Gasteiger partial charge < -0.3 is 4.74 Å². The summed E-state index contributed by atoms with van der Waals surface area (Å²) in [5, 5.41) is 6.15. The Morgan fingerprint density at radius 2 is 1.92 bits per heavy atom. The Morgan fingerprint density at radius 1 is 1.12 bits per heavy atom. The average molecular weight is 397 g/mol. The molecule has 0 aliphatic carbocycles. The number of nitrogens with zero attached hydrogens (tertiary/aromatic N) is 1. The van der Waals surface area contributed by atoms with E-state index in [9.17, 15) is 4.79 Å². The number of hydrogen-bond acceptors (Lipinski definition) is 3. The van der Waals surface area contributed by atoms with Gasteiger partial charge in [-0.3, -0.25) is 4.79 Å². The number of fused-ring (bicyclic) bond motifs is 1. The highest BCUT2D eigenvalue weighted by molar-refractivity contribution is 9.10. The molecule has 25 heavy (non-hydrogen) atoms. The highest BCUT2D eigenvalue weighted by Gasteiger charge is 2.05. The molecule has 0 atom stereocenters. The van der Waals surface area contributed by atoms with Gasteiger partial charge in [-0.15, -0.1) is 0 Å². The van der Waals surface area contributed by atoms with E-state index in [2.05, 4.69) is 26.5 Å². The zero-order chi connectivity index (χ0) is 17.6. The molecule has 1 amide bonds. The lowest BCUT2D eigenvalue weighted by molar-refractivity contribution is 0.0955. The van der Waals surface area contributed by atoms with E-state index >= 15 is 0 Å². The number of hydrogen-bond donors (Lipinski definition) is 1. The Morgan fingerprint density at radius 3 is 2.68 bits per heavy atom. The van der Waals surface area contributed by atoms with Gasteiger partial charge in [-0.1, -0.05) is 30.3 Å². The summed E-state index contributed by atoms with van der Waals surface area (Å²) < 4.78 is 6.31. The topological polar surface area (TPSA) is 50.7 Å². The third kappa shape index (κ3) is 4.25. The Hall–Kier alpha value is -2.66. The standard InChI is InChI=1S/C20H17BrN2O2/c1-2-25-19-10-7-14(11-18(19)21)13-22-23-20(24)17-9-8-15-5-3-4-6-16(15)12-17/h3-13H,2H2,1H3,(H,23,24)/b22-13-. The molecule has 0 heterocycles. The van der Waals surface area contributed by atoms with Crippen LogP contribution in [-0.4, -0.2) is 18.7 Å². The first-order valence-electron chi connectivity index (χ1n) is 7.92. The van der Waals surface area contributed by atoms with Crippen molar-refractivity contribution in [2.24, 2.45) is 5.10 Å². The molecule has 0 radical (unpaired) electrons. The number of ether oxygens (including phenoxy) is 1. The lowest BCUT2D eigenvalue weighted by Gasteiger charge is -2.06. The van der Waals surface area contributed by atoms with Gasteiger partial charge in [-0.2, -0.15) is 5.10 Å². The van der Waals surface area contributed by atoms with Gasteiger partial charge in [0, 0.05) is 5.56 Å². The molecule has 0 fully saturated rings. The summed E-state index contributed by atoms with van der Waals surface area (Å²) in [7, 11) is 0. The van der Waals surface area contributed by atoms with Crippen molar-refractivity contribution < 1.29 is 9.53 Å². The molecule has 0 spiro atoms. The van der Waals surface area contributed by atoms with E-state index in [4.69, 9.17) is 4.74 Å². The fourth-order valence-electron chi connectivity index (χ4n) is 2.43. The molecule has 0 unspecified atom stereocenters. The first kappa shape index (κ1) is 17.2. The first-order chi connectivity index (χ1) is 12.2. The van der Waals surface area contributed by atoms with Crippen molar-refractivity contribution in [3.05, 3.63) is 76.3 Å². The monoisotopic (exact) mass is 396 g/mol. The molecular weight excluding hydrogens is 380 g/mol. The van der Waals surface area contributed by atoms with Gasteiger partial charge in [0.2, 0.25) is 0 Å². The lowest BCUT2D eigenvalue weighted by Crippen LogP contribution is -2.17. The van der Waals surface area contributed by atoms with Crippen LogP contribution in [-0.2, 0) is 0 Å². The van der Waals surface area contributed by atoms with Gasteiger partial charge in [-0.25, -0.2) is 5.43 Å². The SMILES string of the molecule is CCOc1ccc(/C=N\NC(=O)c2ccc3ccccc3c2)cc1Br. The Bertz CT molecular complexity index is 938. The molecule has 0 saturated heterocycles. The second kappa shape index (κ2) is 7.94. The predicted octanol–water partition coefficient (Wildman–Crippen LogP) is 4.76. The Balaban J connectivity index is 1.68. The van der Waals surface area contributed by atoms with Crippen LogP contribution >= 0.6 is 15.9 Å². The van der Waals surface area contributed by atoms with E-state index in [1.807, 2.05) is 61.5 Å². The summed E-state index contributed by atoms with van der Waals surface area (Å²) in [4.78, 5) is 12.2. The maximum absolute atomic E-state index is 12.2. The quantitative estimate of drug-likeness (QED) is 0.498. The van der Waals surface area contributed by atoms with Gasteiger partial charge in [-0.05, 0) is 69.5 Å². The molecule has 0 saturated carbocycles. The molecule has 3 aromatic carbocycles. The van der Waals surface area contributed by atoms with Gasteiger partial charge in [0.1, 0.15) is 5.75 Å². The molecule has 3 rings (SSSR count). The fourth-order valence-corrected chi connectivity index (χ4v) is 2.94. The molecule has 0 bridgehead atoms. The fraction of sp³-hybridized carbons (Fsp3) is 0.100. The van der Waals surface area contributed by atoms with Crippen LogP contribution in [0.5, 0.6) is 5.75 Å². The molecule has 3 aromatic rings. The smallest absolute Gasteiger partial charge is 0.271 e. The number of rotatable bonds is 5. The summed E-state index contributed by atoms with van der Waals surface area (Å²) in [6, 6.07) is 19.1. The third-order valence-electron chi connectivity index (χ3n) is 3.65. The summed E-state index contributed by atoms with van der Waals surface area (Å²) in [6.45, 7) is 2.54. The van der Waals surface area contributed by atoms with Crippen molar-refractivity contribution in [1.29, 1.82) is 0 Å². The van der Waals surface area contributed by atoms with Gasteiger partial charge in [0.25, 0.3) is 5.91 Å². The maximum Gasteiger partial charge on any atom is 0.271 e.